The molecule has 0 bridgehead atoms. The van der Waals surface area contributed by atoms with E-state index in [1.807, 2.05) is 30.3 Å². The van der Waals surface area contributed by atoms with Crippen LogP contribution < -0.4 is 15.4 Å². The zero-order chi connectivity index (χ0) is 19.3. The highest BCUT2D eigenvalue weighted by Crippen LogP contribution is 2.23. The monoisotopic (exact) mass is 371 g/mol. The van der Waals surface area contributed by atoms with Crippen molar-refractivity contribution < 1.29 is 9.53 Å². The SMILES string of the molecule is COc1cccc(C(=O)Nc2ccc(Nc3cccc4cccnc34)nn2)c1. The zero-order valence-corrected chi connectivity index (χ0v) is 15.1. The summed E-state index contributed by atoms with van der Waals surface area (Å²) in [5.74, 6) is 1.24. The molecule has 2 aromatic carbocycles. The molecule has 0 unspecified atom stereocenters. The lowest BCUT2D eigenvalue weighted by atomic mass is 10.2. The first-order valence-corrected chi connectivity index (χ1v) is 8.63. The van der Waals surface area contributed by atoms with Gasteiger partial charge in [-0.1, -0.05) is 24.3 Å². The lowest BCUT2D eigenvalue weighted by molar-refractivity contribution is 0.102. The molecule has 0 aliphatic heterocycles. The van der Waals surface area contributed by atoms with Gasteiger partial charge in [-0.3, -0.25) is 9.78 Å². The number of fused-ring (bicyclic) bond motifs is 1. The van der Waals surface area contributed by atoms with Crippen LogP contribution in [0.4, 0.5) is 17.3 Å². The quantitative estimate of drug-likeness (QED) is 0.551. The Bertz CT molecular complexity index is 1120. The van der Waals surface area contributed by atoms with Crippen LogP contribution >= 0.6 is 0 Å². The van der Waals surface area contributed by atoms with E-state index in [1.54, 1.807) is 49.7 Å². The molecule has 1 amide bonds. The third-order valence-electron chi connectivity index (χ3n) is 4.13. The third kappa shape index (κ3) is 3.73. The van der Waals surface area contributed by atoms with E-state index in [1.165, 1.54) is 0 Å². The Balaban J connectivity index is 1.48. The maximum Gasteiger partial charge on any atom is 0.256 e. The summed E-state index contributed by atoms with van der Waals surface area (Å²) in [6, 6.07) is 20.1. The fourth-order valence-electron chi connectivity index (χ4n) is 2.76. The van der Waals surface area contributed by atoms with Gasteiger partial charge in [-0.05, 0) is 42.5 Å². The van der Waals surface area contributed by atoms with Crippen molar-refractivity contribution >= 4 is 34.1 Å². The Hall–Kier alpha value is -4.00. The van der Waals surface area contributed by atoms with Crippen molar-refractivity contribution in [2.75, 3.05) is 17.7 Å². The molecule has 0 fully saturated rings. The fourth-order valence-corrected chi connectivity index (χ4v) is 2.76. The van der Waals surface area contributed by atoms with Crippen LogP contribution in [-0.4, -0.2) is 28.2 Å². The fraction of sp³-hybridized carbons (Fsp3) is 0.0476. The van der Waals surface area contributed by atoms with E-state index in [4.69, 9.17) is 4.74 Å². The average molecular weight is 371 g/mol. The van der Waals surface area contributed by atoms with E-state index < -0.39 is 0 Å². The molecule has 28 heavy (non-hydrogen) atoms. The van der Waals surface area contributed by atoms with Gasteiger partial charge in [0.15, 0.2) is 11.6 Å². The molecular formula is C21H17N5O2. The second-order valence-corrected chi connectivity index (χ2v) is 6.00. The number of pyridine rings is 1. The number of methoxy groups -OCH3 is 1. The maximum absolute atomic E-state index is 12.3. The van der Waals surface area contributed by atoms with Crippen LogP contribution in [0.3, 0.4) is 0 Å². The summed E-state index contributed by atoms with van der Waals surface area (Å²) in [6.07, 6.45) is 1.75. The second kappa shape index (κ2) is 7.71. The first-order valence-electron chi connectivity index (χ1n) is 8.63. The summed E-state index contributed by atoms with van der Waals surface area (Å²) in [6.45, 7) is 0. The highest BCUT2D eigenvalue weighted by Gasteiger charge is 2.09. The number of carbonyl (C=O) groups excluding carboxylic acids is 1. The number of hydrogen-bond acceptors (Lipinski definition) is 6. The molecule has 0 atom stereocenters. The number of nitrogens with zero attached hydrogens (tertiary/aromatic N) is 3. The highest BCUT2D eigenvalue weighted by molar-refractivity contribution is 6.04. The number of aromatic nitrogens is 3. The predicted molar refractivity (Wildman–Crippen MR) is 108 cm³/mol. The molecule has 7 nitrogen and oxygen atoms in total. The van der Waals surface area contributed by atoms with Gasteiger partial charge in [-0.25, -0.2) is 0 Å². The number of ether oxygens (including phenoxy) is 1. The highest BCUT2D eigenvalue weighted by atomic mass is 16.5. The van der Waals surface area contributed by atoms with Crippen LogP contribution in [0.25, 0.3) is 10.9 Å². The molecule has 4 aromatic rings. The maximum atomic E-state index is 12.3. The van der Waals surface area contributed by atoms with Crippen molar-refractivity contribution in [1.29, 1.82) is 0 Å². The minimum atomic E-state index is -0.285. The van der Waals surface area contributed by atoms with E-state index in [-0.39, 0.29) is 5.91 Å². The molecule has 0 aliphatic carbocycles. The van der Waals surface area contributed by atoms with Gasteiger partial charge in [0, 0.05) is 17.1 Å². The summed E-state index contributed by atoms with van der Waals surface area (Å²) < 4.78 is 5.14. The Morgan fingerprint density at radius 1 is 0.929 bits per heavy atom. The average Bonchev–Trinajstić information content (AvgIpc) is 2.75. The molecule has 0 saturated carbocycles. The zero-order valence-electron chi connectivity index (χ0n) is 15.1. The van der Waals surface area contributed by atoms with Crippen molar-refractivity contribution in [3.05, 3.63) is 78.5 Å². The van der Waals surface area contributed by atoms with Gasteiger partial charge in [-0.2, -0.15) is 0 Å². The number of amides is 1. The second-order valence-electron chi connectivity index (χ2n) is 6.00. The predicted octanol–water partition coefficient (Wildman–Crippen LogP) is 4.03. The van der Waals surface area contributed by atoms with Gasteiger partial charge in [-0.15, -0.1) is 10.2 Å². The van der Waals surface area contributed by atoms with Crippen LogP contribution in [0, 0.1) is 0 Å². The minimum Gasteiger partial charge on any atom is -0.497 e. The van der Waals surface area contributed by atoms with E-state index in [0.717, 1.165) is 16.6 Å². The summed E-state index contributed by atoms with van der Waals surface area (Å²) in [4.78, 5) is 16.8. The molecule has 2 heterocycles. The topological polar surface area (TPSA) is 89.0 Å². The van der Waals surface area contributed by atoms with E-state index in [2.05, 4.69) is 25.8 Å². The standard InChI is InChI=1S/C21H17N5O2/c1-28-16-8-2-6-15(13-16)21(27)24-19-11-10-18(25-26-19)23-17-9-3-5-14-7-4-12-22-20(14)17/h2-13H,1H3,(H,23,25)(H,24,26,27). The molecule has 4 rings (SSSR count). The minimum absolute atomic E-state index is 0.285. The number of hydrogen-bond donors (Lipinski definition) is 2. The van der Waals surface area contributed by atoms with Crippen LogP contribution in [-0.2, 0) is 0 Å². The van der Waals surface area contributed by atoms with Gasteiger partial charge in [0.25, 0.3) is 5.91 Å². The molecule has 138 valence electrons. The number of anilines is 3. The van der Waals surface area contributed by atoms with E-state index >= 15 is 0 Å². The Morgan fingerprint density at radius 2 is 1.71 bits per heavy atom. The van der Waals surface area contributed by atoms with Crippen molar-refractivity contribution in [1.82, 2.24) is 15.2 Å². The van der Waals surface area contributed by atoms with Crippen LogP contribution in [0.15, 0.2) is 72.9 Å². The van der Waals surface area contributed by atoms with Gasteiger partial charge >= 0.3 is 0 Å². The van der Waals surface area contributed by atoms with Crippen molar-refractivity contribution in [2.45, 2.75) is 0 Å². The van der Waals surface area contributed by atoms with Crippen LogP contribution in [0.2, 0.25) is 0 Å². The van der Waals surface area contributed by atoms with Crippen LogP contribution in [0.5, 0.6) is 5.75 Å². The number of para-hydroxylation sites is 1. The van der Waals surface area contributed by atoms with Crippen molar-refractivity contribution in [3.63, 3.8) is 0 Å². The lowest BCUT2D eigenvalue weighted by Crippen LogP contribution is -2.13. The van der Waals surface area contributed by atoms with Crippen molar-refractivity contribution in [3.8, 4) is 5.75 Å². The lowest BCUT2D eigenvalue weighted by Gasteiger charge is -2.09. The summed E-state index contributed by atoms with van der Waals surface area (Å²) in [5, 5.41) is 15.2. The summed E-state index contributed by atoms with van der Waals surface area (Å²) >= 11 is 0. The Labute approximate surface area is 161 Å². The molecule has 0 radical (unpaired) electrons. The number of carbonyl (C=O) groups is 1. The van der Waals surface area contributed by atoms with Gasteiger partial charge in [0.05, 0.1) is 18.3 Å². The van der Waals surface area contributed by atoms with Gasteiger partial charge in [0.2, 0.25) is 0 Å². The van der Waals surface area contributed by atoms with Crippen LogP contribution in [0.1, 0.15) is 10.4 Å². The van der Waals surface area contributed by atoms with E-state index in [9.17, 15) is 4.79 Å². The first kappa shape index (κ1) is 17.4. The molecule has 0 spiro atoms. The summed E-state index contributed by atoms with van der Waals surface area (Å²) in [7, 11) is 1.56. The molecular weight excluding hydrogens is 354 g/mol. The van der Waals surface area contributed by atoms with Gasteiger partial charge in [0.1, 0.15) is 5.75 Å². The van der Waals surface area contributed by atoms with E-state index in [0.29, 0.717) is 22.9 Å². The molecule has 7 heteroatoms. The first-order chi connectivity index (χ1) is 13.7. The Kier molecular flexibility index (Phi) is 4.79. The number of rotatable bonds is 5. The smallest absolute Gasteiger partial charge is 0.256 e. The number of nitrogens with one attached hydrogen (secondary N) is 2. The number of benzene rings is 2. The molecule has 0 saturated heterocycles. The molecule has 2 aromatic heterocycles. The van der Waals surface area contributed by atoms with Crippen molar-refractivity contribution in [2.24, 2.45) is 0 Å². The van der Waals surface area contributed by atoms with Gasteiger partial charge < -0.3 is 15.4 Å². The Morgan fingerprint density at radius 3 is 2.54 bits per heavy atom. The summed E-state index contributed by atoms with van der Waals surface area (Å²) in [5.41, 5.74) is 2.16. The molecule has 2 N–H and O–H groups in total. The third-order valence-corrected chi connectivity index (χ3v) is 4.13. The largest absolute Gasteiger partial charge is 0.497 e. The molecule has 0 aliphatic rings. The normalized spacial score (nSPS) is 10.5.